The minimum Gasteiger partial charge on any atom is -0.479 e. The number of likely N-dealkylation sites (tertiary alicyclic amines) is 1. The predicted molar refractivity (Wildman–Crippen MR) is 70.4 cm³/mol. The molecule has 1 aliphatic heterocycles. The number of unbranched alkanes of at least 4 members (excludes halogenated alkanes) is 3. The van der Waals surface area contributed by atoms with E-state index in [4.69, 9.17) is 0 Å². The summed E-state index contributed by atoms with van der Waals surface area (Å²) in [6, 6.07) is 0. The van der Waals surface area contributed by atoms with Crippen molar-refractivity contribution in [3.63, 3.8) is 0 Å². The van der Waals surface area contributed by atoms with E-state index in [1.165, 1.54) is 0 Å². The van der Waals surface area contributed by atoms with E-state index in [0.717, 1.165) is 32.1 Å². The molecule has 0 unspecified atom stereocenters. The van der Waals surface area contributed by atoms with Crippen molar-refractivity contribution >= 4 is 11.9 Å². The third kappa shape index (κ3) is 3.03. The first-order valence-corrected chi connectivity index (χ1v) is 7.12. The average Bonchev–Trinajstić information content (AvgIpc) is 2.79. The highest BCUT2D eigenvalue weighted by Crippen LogP contribution is 2.33. The first kappa shape index (κ1) is 15.0. The Balaban J connectivity index is 2.58. The van der Waals surface area contributed by atoms with Gasteiger partial charge in [-0.1, -0.05) is 33.1 Å². The average molecular weight is 255 g/mol. The summed E-state index contributed by atoms with van der Waals surface area (Å²) in [5.41, 5.74) is -0.929. The van der Waals surface area contributed by atoms with Crippen molar-refractivity contribution in [2.75, 3.05) is 6.54 Å². The molecule has 4 heteroatoms. The Morgan fingerprint density at radius 1 is 1.22 bits per heavy atom. The van der Waals surface area contributed by atoms with Gasteiger partial charge in [-0.05, 0) is 25.7 Å². The smallest absolute Gasteiger partial charge is 0.329 e. The lowest BCUT2D eigenvalue weighted by molar-refractivity contribution is -0.156. The molecule has 1 atom stereocenters. The molecular formula is C14H25NO3. The van der Waals surface area contributed by atoms with Crippen LogP contribution in [0.15, 0.2) is 0 Å². The molecular weight excluding hydrogens is 230 g/mol. The lowest BCUT2D eigenvalue weighted by Crippen LogP contribution is -2.52. The summed E-state index contributed by atoms with van der Waals surface area (Å²) in [6.45, 7) is 4.60. The van der Waals surface area contributed by atoms with Gasteiger partial charge in [0, 0.05) is 13.0 Å². The van der Waals surface area contributed by atoms with Gasteiger partial charge in [-0.3, -0.25) is 4.79 Å². The summed E-state index contributed by atoms with van der Waals surface area (Å²) >= 11 is 0. The number of hydrogen-bond acceptors (Lipinski definition) is 2. The van der Waals surface area contributed by atoms with Gasteiger partial charge in [-0.25, -0.2) is 4.79 Å². The van der Waals surface area contributed by atoms with Gasteiger partial charge in [-0.2, -0.15) is 0 Å². The largest absolute Gasteiger partial charge is 0.479 e. The molecule has 1 saturated heterocycles. The second-order valence-electron chi connectivity index (χ2n) is 5.15. The van der Waals surface area contributed by atoms with Crippen LogP contribution in [0.5, 0.6) is 0 Å². The maximum Gasteiger partial charge on any atom is 0.329 e. The number of carboxylic acid groups (broad SMARTS) is 1. The molecule has 1 N–H and O–H groups in total. The van der Waals surface area contributed by atoms with Crippen LogP contribution in [0, 0.1) is 0 Å². The first-order chi connectivity index (χ1) is 8.58. The highest BCUT2D eigenvalue weighted by molar-refractivity contribution is 5.87. The van der Waals surface area contributed by atoms with Crippen molar-refractivity contribution in [2.24, 2.45) is 0 Å². The molecule has 4 nitrogen and oxygen atoms in total. The van der Waals surface area contributed by atoms with E-state index < -0.39 is 11.5 Å². The Labute approximate surface area is 109 Å². The molecule has 18 heavy (non-hydrogen) atoms. The number of rotatable bonds is 7. The fourth-order valence-electron chi connectivity index (χ4n) is 2.82. The molecule has 104 valence electrons. The Hall–Kier alpha value is -1.06. The summed E-state index contributed by atoms with van der Waals surface area (Å²) in [7, 11) is 0. The topological polar surface area (TPSA) is 57.6 Å². The Morgan fingerprint density at radius 2 is 1.94 bits per heavy atom. The van der Waals surface area contributed by atoms with E-state index in [2.05, 4.69) is 6.92 Å². The summed E-state index contributed by atoms with van der Waals surface area (Å²) in [5.74, 6) is -0.822. The van der Waals surface area contributed by atoms with E-state index in [1.807, 2.05) is 6.92 Å². The van der Waals surface area contributed by atoms with Crippen LogP contribution in [0.1, 0.15) is 65.2 Å². The number of carbonyl (C=O) groups is 2. The third-order valence-electron chi connectivity index (χ3n) is 4.02. The van der Waals surface area contributed by atoms with Gasteiger partial charge >= 0.3 is 5.97 Å². The van der Waals surface area contributed by atoms with Crippen molar-refractivity contribution in [1.82, 2.24) is 4.90 Å². The second kappa shape index (κ2) is 6.76. The van der Waals surface area contributed by atoms with Gasteiger partial charge in [0.2, 0.25) is 5.91 Å². The van der Waals surface area contributed by atoms with Crippen LogP contribution >= 0.6 is 0 Å². The SMILES string of the molecule is CCCCCCC(=O)N1CCC[C@@]1(CC)C(=O)O. The fourth-order valence-corrected chi connectivity index (χ4v) is 2.82. The molecule has 0 spiro atoms. The van der Waals surface area contributed by atoms with Crippen LogP contribution in [-0.2, 0) is 9.59 Å². The summed E-state index contributed by atoms with van der Waals surface area (Å²) in [5, 5.41) is 9.40. The monoisotopic (exact) mass is 255 g/mol. The van der Waals surface area contributed by atoms with Crippen LogP contribution in [0.25, 0.3) is 0 Å². The van der Waals surface area contributed by atoms with E-state index in [0.29, 0.717) is 25.8 Å². The molecule has 0 aromatic carbocycles. The molecule has 0 radical (unpaired) electrons. The first-order valence-electron chi connectivity index (χ1n) is 7.12. The molecule has 0 saturated carbocycles. The summed E-state index contributed by atoms with van der Waals surface area (Å²) in [6.07, 6.45) is 6.63. The minimum absolute atomic E-state index is 0.0212. The van der Waals surface area contributed by atoms with Crippen molar-refractivity contribution < 1.29 is 14.7 Å². The van der Waals surface area contributed by atoms with Crippen LogP contribution in [0.3, 0.4) is 0 Å². The Morgan fingerprint density at radius 3 is 2.50 bits per heavy atom. The van der Waals surface area contributed by atoms with Crippen LogP contribution in [0.2, 0.25) is 0 Å². The highest BCUT2D eigenvalue weighted by Gasteiger charge is 2.48. The van der Waals surface area contributed by atoms with Gasteiger partial charge in [0.15, 0.2) is 0 Å². The van der Waals surface area contributed by atoms with Gasteiger partial charge in [0.1, 0.15) is 5.54 Å². The van der Waals surface area contributed by atoms with Gasteiger partial charge in [-0.15, -0.1) is 0 Å². The lowest BCUT2D eigenvalue weighted by Gasteiger charge is -2.34. The summed E-state index contributed by atoms with van der Waals surface area (Å²) < 4.78 is 0. The molecule has 1 rings (SSSR count). The number of hydrogen-bond donors (Lipinski definition) is 1. The molecule has 1 amide bonds. The molecule has 0 bridgehead atoms. The van der Waals surface area contributed by atoms with Crippen LogP contribution in [-0.4, -0.2) is 34.0 Å². The van der Waals surface area contributed by atoms with Gasteiger partial charge < -0.3 is 10.0 Å². The minimum atomic E-state index is -0.929. The maximum atomic E-state index is 12.2. The molecule has 0 aromatic heterocycles. The van der Waals surface area contributed by atoms with Crippen molar-refractivity contribution in [3.05, 3.63) is 0 Å². The van der Waals surface area contributed by atoms with E-state index >= 15 is 0 Å². The van der Waals surface area contributed by atoms with E-state index in [1.54, 1.807) is 4.90 Å². The number of carbonyl (C=O) groups excluding carboxylic acids is 1. The maximum absolute atomic E-state index is 12.2. The Bertz CT molecular complexity index is 303. The second-order valence-corrected chi connectivity index (χ2v) is 5.15. The normalized spacial score (nSPS) is 23.3. The quantitative estimate of drug-likeness (QED) is 0.712. The van der Waals surface area contributed by atoms with Gasteiger partial charge in [0.05, 0.1) is 0 Å². The summed E-state index contributed by atoms with van der Waals surface area (Å²) in [4.78, 5) is 25.2. The van der Waals surface area contributed by atoms with Gasteiger partial charge in [0.25, 0.3) is 0 Å². The zero-order valence-corrected chi connectivity index (χ0v) is 11.6. The molecule has 0 aromatic rings. The van der Waals surface area contributed by atoms with Crippen molar-refractivity contribution in [1.29, 1.82) is 0 Å². The molecule has 1 fully saturated rings. The number of amides is 1. The standard InChI is InChI=1S/C14H25NO3/c1-3-5-6-7-9-12(16)15-11-8-10-14(15,4-2)13(17)18/h3-11H2,1-2H3,(H,17,18)/t14-/m0/s1. The third-order valence-corrected chi connectivity index (χ3v) is 4.02. The number of aliphatic carboxylic acids is 1. The fraction of sp³-hybridized carbons (Fsp3) is 0.857. The zero-order chi connectivity index (χ0) is 13.6. The number of carboxylic acids is 1. The predicted octanol–water partition coefficient (Wildman–Crippen LogP) is 2.81. The zero-order valence-electron chi connectivity index (χ0n) is 11.6. The Kier molecular flexibility index (Phi) is 5.63. The van der Waals surface area contributed by atoms with E-state index in [-0.39, 0.29) is 5.91 Å². The van der Waals surface area contributed by atoms with Crippen LogP contribution in [0.4, 0.5) is 0 Å². The lowest BCUT2D eigenvalue weighted by atomic mass is 9.92. The van der Waals surface area contributed by atoms with Crippen LogP contribution < -0.4 is 0 Å². The van der Waals surface area contributed by atoms with E-state index in [9.17, 15) is 14.7 Å². The molecule has 1 aliphatic rings. The highest BCUT2D eigenvalue weighted by atomic mass is 16.4. The van der Waals surface area contributed by atoms with Crippen molar-refractivity contribution in [2.45, 2.75) is 70.8 Å². The molecule has 1 heterocycles. The number of nitrogens with zero attached hydrogens (tertiary/aromatic N) is 1. The molecule has 0 aliphatic carbocycles. The van der Waals surface area contributed by atoms with Crippen molar-refractivity contribution in [3.8, 4) is 0 Å².